The van der Waals surface area contributed by atoms with E-state index in [1.165, 1.54) is 6.42 Å². The molecule has 96 valence electrons. The number of likely N-dealkylation sites (tertiary alicyclic amines) is 1. The third-order valence-corrected chi connectivity index (χ3v) is 3.50. The van der Waals surface area contributed by atoms with Crippen LogP contribution in [0.3, 0.4) is 0 Å². The summed E-state index contributed by atoms with van der Waals surface area (Å²) in [5.74, 6) is 0.689. The molecule has 3 heteroatoms. The molecule has 3 atom stereocenters. The minimum Gasteiger partial charge on any atom is -0.384 e. The minimum atomic E-state index is 0.223. The van der Waals surface area contributed by atoms with E-state index in [1.54, 1.807) is 7.11 Å². The molecule has 0 radical (unpaired) electrons. The second-order valence-corrected chi connectivity index (χ2v) is 6.27. The summed E-state index contributed by atoms with van der Waals surface area (Å²) in [6.45, 7) is 12.2. The molecule has 0 bridgehead atoms. The van der Waals surface area contributed by atoms with Gasteiger partial charge in [-0.1, -0.05) is 20.8 Å². The summed E-state index contributed by atoms with van der Waals surface area (Å²) in [6.07, 6.45) is 1.24. The van der Waals surface area contributed by atoms with Crippen LogP contribution in [0.5, 0.6) is 0 Å². The molecule has 0 amide bonds. The highest BCUT2D eigenvalue weighted by molar-refractivity contribution is 4.92. The summed E-state index contributed by atoms with van der Waals surface area (Å²) in [5.41, 5.74) is 6.40. The van der Waals surface area contributed by atoms with Gasteiger partial charge in [0.1, 0.15) is 0 Å². The molecule has 1 aliphatic heterocycles. The Hall–Kier alpha value is -0.120. The number of methoxy groups -OCH3 is 1. The van der Waals surface area contributed by atoms with E-state index in [9.17, 15) is 0 Å². The van der Waals surface area contributed by atoms with E-state index in [-0.39, 0.29) is 11.5 Å². The Kier molecular flexibility index (Phi) is 4.77. The van der Waals surface area contributed by atoms with Crippen molar-refractivity contribution in [1.82, 2.24) is 4.90 Å². The number of nitrogens with two attached hydrogens (primary N) is 1. The lowest BCUT2D eigenvalue weighted by atomic mass is 9.82. The van der Waals surface area contributed by atoms with Gasteiger partial charge in [0.2, 0.25) is 0 Å². The Morgan fingerprint density at radius 1 is 1.44 bits per heavy atom. The van der Waals surface area contributed by atoms with Gasteiger partial charge in [-0.05, 0) is 31.2 Å². The maximum Gasteiger partial charge on any atom is 0.0503 e. The van der Waals surface area contributed by atoms with Gasteiger partial charge in [0, 0.05) is 25.7 Å². The van der Waals surface area contributed by atoms with E-state index in [0.29, 0.717) is 12.0 Å². The molecule has 1 fully saturated rings. The van der Waals surface area contributed by atoms with E-state index >= 15 is 0 Å². The lowest BCUT2D eigenvalue weighted by Crippen LogP contribution is -2.52. The number of rotatable bonds is 4. The molecule has 3 nitrogen and oxygen atoms in total. The quantitative estimate of drug-likeness (QED) is 0.796. The van der Waals surface area contributed by atoms with Crippen LogP contribution in [-0.2, 0) is 4.74 Å². The van der Waals surface area contributed by atoms with Crippen molar-refractivity contribution < 1.29 is 4.74 Å². The lowest BCUT2D eigenvalue weighted by Gasteiger charge is -2.40. The smallest absolute Gasteiger partial charge is 0.0503 e. The molecule has 0 aliphatic carbocycles. The Bertz CT molecular complexity index is 210. The fraction of sp³-hybridized carbons (Fsp3) is 1.00. The minimum absolute atomic E-state index is 0.223. The number of nitrogens with zero attached hydrogens (tertiary/aromatic N) is 1. The highest BCUT2D eigenvalue weighted by atomic mass is 16.5. The lowest BCUT2D eigenvalue weighted by molar-refractivity contribution is 0.0915. The Labute approximate surface area is 100 Å². The fourth-order valence-corrected chi connectivity index (χ4v) is 3.16. The average molecular weight is 228 g/mol. The molecule has 3 unspecified atom stereocenters. The summed E-state index contributed by atoms with van der Waals surface area (Å²) in [7, 11) is 1.79. The van der Waals surface area contributed by atoms with E-state index in [0.717, 1.165) is 19.7 Å². The van der Waals surface area contributed by atoms with Gasteiger partial charge in [0.05, 0.1) is 6.61 Å². The van der Waals surface area contributed by atoms with Crippen LogP contribution in [0.2, 0.25) is 0 Å². The van der Waals surface area contributed by atoms with Gasteiger partial charge < -0.3 is 10.5 Å². The van der Waals surface area contributed by atoms with Crippen molar-refractivity contribution in [3.8, 4) is 0 Å². The fourth-order valence-electron chi connectivity index (χ4n) is 3.16. The van der Waals surface area contributed by atoms with Crippen LogP contribution in [-0.4, -0.2) is 43.8 Å². The van der Waals surface area contributed by atoms with Crippen molar-refractivity contribution in [1.29, 1.82) is 0 Å². The predicted molar refractivity (Wildman–Crippen MR) is 68.4 cm³/mol. The summed E-state index contributed by atoms with van der Waals surface area (Å²) in [6, 6.07) is 0.690. The maximum atomic E-state index is 6.15. The number of ether oxygens (including phenoxy) is 1. The van der Waals surface area contributed by atoms with Crippen molar-refractivity contribution in [2.45, 2.75) is 46.2 Å². The summed E-state index contributed by atoms with van der Waals surface area (Å²) < 4.78 is 5.24. The molecular formula is C13H28N2O. The molecule has 1 saturated heterocycles. The van der Waals surface area contributed by atoms with Crippen molar-refractivity contribution in [2.24, 2.45) is 17.1 Å². The highest BCUT2D eigenvalue weighted by Gasteiger charge is 2.36. The van der Waals surface area contributed by atoms with E-state index in [4.69, 9.17) is 10.5 Å². The molecule has 0 aromatic carbocycles. The predicted octanol–water partition coefficient (Wildman–Crippen LogP) is 1.72. The summed E-state index contributed by atoms with van der Waals surface area (Å²) in [5, 5.41) is 0. The highest BCUT2D eigenvalue weighted by Crippen LogP contribution is 2.30. The molecule has 1 heterocycles. The van der Waals surface area contributed by atoms with Crippen molar-refractivity contribution in [3.05, 3.63) is 0 Å². The zero-order valence-electron chi connectivity index (χ0n) is 11.5. The van der Waals surface area contributed by atoms with E-state index < -0.39 is 0 Å². The third kappa shape index (κ3) is 3.44. The monoisotopic (exact) mass is 228 g/mol. The van der Waals surface area contributed by atoms with Crippen LogP contribution >= 0.6 is 0 Å². The molecule has 2 N–H and O–H groups in total. The molecule has 16 heavy (non-hydrogen) atoms. The Morgan fingerprint density at radius 2 is 2.06 bits per heavy atom. The first kappa shape index (κ1) is 13.9. The molecule has 1 rings (SSSR count). The number of hydrogen-bond acceptors (Lipinski definition) is 3. The van der Waals surface area contributed by atoms with Crippen LogP contribution in [0.1, 0.15) is 34.1 Å². The van der Waals surface area contributed by atoms with Gasteiger partial charge in [0.15, 0.2) is 0 Å². The van der Waals surface area contributed by atoms with E-state index in [2.05, 4.69) is 32.6 Å². The van der Waals surface area contributed by atoms with Gasteiger partial charge >= 0.3 is 0 Å². The third-order valence-electron chi connectivity index (χ3n) is 3.50. The Morgan fingerprint density at radius 3 is 2.50 bits per heavy atom. The molecular weight excluding hydrogens is 200 g/mol. The standard InChI is InChI=1S/C13H28N2O/c1-10(14)12(13(2,3)4)15-7-6-11(8-15)9-16-5/h10-12H,6-9,14H2,1-5H3. The molecule has 1 aliphatic rings. The van der Waals surface area contributed by atoms with Crippen LogP contribution in [0.15, 0.2) is 0 Å². The first-order valence-electron chi connectivity index (χ1n) is 6.35. The molecule has 0 saturated carbocycles. The molecule has 0 aromatic rings. The molecule has 0 aromatic heterocycles. The van der Waals surface area contributed by atoms with Crippen LogP contribution in [0.4, 0.5) is 0 Å². The maximum absolute atomic E-state index is 6.15. The average Bonchev–Trinajstić information content (AvgIpc) is 2.50. The second kappa shape index (κ2) is 5.48. The zero-order valence-corrected chi connectivity index (χ0v) is 11.5. The van der Waals surface area contributed by atoms with Crippen LogP contribution in [0.25, 0.3) is 0 Å². The zero-order chi connectivity index (χ0) is 12.3. The topological polar surface area (TPSA) is 38.5 Å². The van der Waals surface area contributed by atoms with Crippen molar-refractivity contribution >= 4 is 0 Å². The van der Waals surface area contributed by atoms with Crippen LogP contribution < -0.4 is 5.73 Å². The van der Waals surface area contributed by atoms with Gasteiger partial charge in [0.25, 0.3) is 0 Å². The Balaban J connectivity index is 2.61. The van der Waals surface area contributed by atoms with Crippen LogP contribution in [0, 0.1) is 11.3 Å². The normalized spacial score (nSPS) is 27.0. The van der Waals surface area contributed by atoms with E-state index in [1.807, 2.05) is 0 Å². The SMILES string of the molecule is COCC1CCN(C(C(C)N)C(C)(C)C)C1. The van der Waals surface area contributed by atoms with Crippen molar-refractivity contribution in [3.63, 3.8) is 0 Å². The van der Waals surface area contributed by atoms with Crippen molar-refractivity contribution in [2.75, 3.05) is 26.8 Å². The largest absolute Gasteiger partial charge is 0.384 e. The number of hydrogen-bond donors (Lipinski definition) is 1. The first-order chi connectivity index (χ1) is 7.36. The summed E-state index contributed by atoms with van der Waals surface area (Å²) >= 11 is 0. The summed E-state index contributed by atoms with van der Waals surface area (Å²) in [4.78, 5) is 2.55. The molecule has 0 spiro atoms. The van der Waals surface area contributed by atoms with Gasteiger partial charge in [-0.25, -0.2) is 0 Å². The van der Waals surface area contributed by atoms with Gasteiger partial charge in [-0.3, -0.25) is 4.90 Å². The first-order valence-corrected chi connectivity index (χ1v) is 6.35. The van der Waals surface area contributed by atoms with Gasteiger partial charge in [-0.15, -0.1) is 0 Å². The van der Waals surface area contributed by atoms with Gasteiger partial charge in [-0.2, -0.15) is 0 Å². The second-order valence-electron chi connectivity index (χ2n) is 6.27.